The van der Waals surface area contributed by atoms with Crippen LogP contribution in [0.25, 0.3) is 0 Å². The first-order valence-corrected chi connectivity index (χ1v) is 6.22. The van der Waals surface area contributed by atoms with Crippen molar-refractivity contribution in [3.05, 3.63) is 11.6 Å². The molecule has 2 aliphatic carbocycles. The maximum Gasteiger partial charge on any atom is 0.166 e. The van der Waals surface area contributed by atoms with Crippen LogP contribution in [0.4, 0.5) is 0 Å². The zero-order chi connectivity index (χ0) is 11.9. The number of hydrogen-bond acceptors (Lipinski definition) is 2. The molecule has 16 heavy (non-hydrogen) atoms. The van der Waals surface area contributed by atoms with Crippen LogP contribution in [-0.2, 0) is 9.59 Å². The van der Waals surface area contributed by atoms with Gasteiger partial charge < -0.3 is 0 Å². The maximum absolute atomic E-state index is 11.9. The number of allylic oxidation sites excluding steroid dienone is 2. The van der Waals surface area contributed by atoms with Crippen molar-refractivity contribution in [2.45, 2.75) is 46.5 Å². The Kier molecular flexibility index (Phi) is 2.77. The van der Waals surface area contributed by atoms with Gasteiger partial charge in [-0.05, 0) is 37.0 Å². The molecule has 1 fully saturated rings. The third-order valence-corrected chi connectivity index (χ3v) is 4.70. The lowest BCUT2D eigenvalue weighted by Gasteiger charge is -2.47. The summed E-state index contributed by atoms with van der Waals surface area (Å²) in [5, 5.41) is 0. The van der Waals surface area contributed by atoms with Crippen LogP contribution in [0.3, 0.4) is 0 Å². The van der Waals surface area contributed by atoms with E-state index in [2.05, 4.69) is 13.8 Å². The molecule has 0 radical (unpaired) electrons. The van der Waals surface area contributed by atoms with Crippen LogP contribution < -0.4 is 0 Å². The van der Waals surface area contributed by atoms with Crippen LogP contribution in [-0.4, -0.2) is 11.6 Å². The molecular formula is C14H20O2. The molecule has 0 aromatic rings. The third-order valence-electron chi connectivity index (χ3n) is 4.70. The van der Waals surface area contributed by atoms with Gasteiger partial charge in [0.1, 0.15) is 0 Å². The standard InChI is InChI=1S/C14H20O2/c1-9-5-4-6-11-7-13(16)12(10(2)15)8-14(9,11)3/h8-9,11H,4-7H2,1-3H3/t9-,11-,14+/m0/s1. The Morgan fingerprint density at radius 1 is 1.44 bits per heavy atom. The molecule has 0 N–H and O–H groups in total. The van der Waals surface area contributed by atoms with Gasteiger partial charge in [-0.3, -0.25) is 9.59 Å². The van der Waals surface area contributed by atoms with Gasteiger partial charge in [-0.2, -0.15) is 0 Å². The summed E-state index contributed by atoms with van der Waals surface area (Å²) >= 11 is 0. The summed E-state index contributed by atoms with van der Waals surface area (Å²) in [6, 6.07) is 0. The van der Waals surface area contributed by atoms with Crippen molar-refractivity contribution in [3.63, 3.8) is 0 Å². The fourth-order valence-electron chi connectivity index (χ4n) is 3.30. The first-order valence-electron chi connectivity index (χ1n) is 6.22. The molecule has 2 aliphatic rings. The van der Waals surface area contributed by atoms with Gasteiger partial charge in [-0.25, -0.2) is 0 Å². The molecule has 2 nitrogen and oxygen atoms in total. The number of ketones is 2. The molecule has 2 heteroatoms. The molecule has 0 aliphatic heterocycles. The quantitative estimate of drug-likeness (QED) is 0.637. The van der Waals surface area contributed by atoms with Gasteiger partial charge >= 0.3 is 0 Å². The van der Waals surface area contributed by atoms with E-state index in [1.54, 1.807) is 0 Å². The van der Waals surface area contributed by atoms with E-state index >= 15 is 0 Å². The van der Waals surface area contributed by atoms with Crippen molar-refractivity contribution in [2.75, 3.05) is 0 Å². The fourth-order valence-corrected chi connectivity index (χ4v) is 3.30. The van der Waals surface area contributed by atoms with E-state index in [1.807, 2.05) is 6.08 Å². The molecule has 0 aromatic carbocycles. The third kappa shape index (κ3) is 1.64. The maximum atomic E-state index is 11.9. The van der Waals surface area contributed by atoms with Gasteiger partial charge in [-0.15, -0.1) is 0 Å². The zero-order valence-electron chi connectivity index (χ0n) is 10.4. The highest BCUT2D eigenvalue weighted by molar-refractivity contribution is 6.19. The lowest BCUT2D eigenvalue weighted by Crippen LogP contribution is -2.41. The second kappa shape index (κ2) is 3.83. The fraction of sp³-hybridized carbons (Fsp3) is 0.714. The van der Waals surface area contributed by atoms with Gasteiger partial charge in [0.05, 0.1) is 5.57 Å². The molecule has 0 spiro atoms. The lowest BCUT2D eigenvalue weighted by atomic mass is 9.57. The summed E-state index contributed by atoms with van der Waals surface area (Å²) in [4.78, 5) is 23.3. The minimum absolute atomic E-state index is 0.0593. The smallest absolute Gasteiger partial charge is 0.166 e. The summed E-state index contributed by atoms with van der Waals surface area (Å²) in [6.45, 7) is 5.97. The van der Waals surface area contributed by atoms with Crippen LogP contribution >= 0.6 is 0 Å². The molecule has 3 atom stereocenters. The van der Waals surface area contributed by atoms with Crippen molar-refractivity contribution < 1.29 is 9.59 Å². The SMILES string of the molecule is CC(=O)C1=C[C@@]2(C)[C@@H](CCC[C@@H]2C)CC1=O. The lowest BCUT2D eigenvalue weighted by molar-refractivity contribution is -0.123. The highest BCUT2D eigenvalue weighted by Gasteiger charge is 2.45. The Morgan fingerprint density at radius 3 is 2.75 bits per heavy atom. The van der Waals surface area contributed by atoms with Gasteiger partial charge in [0, 0.05) is 6.42 Å². The van der Waals surface area contributed by atoms with E-state index < -0.39 is 0 Å². The van der Waals surface area contributed by atoms with Gasteiger partial charge in [0.2, 0.25) is 0 Å². The number of Topliss-reactive ketones (excluding diaryl/α,β-unsaturated/α-hetero) is 2. The summed E-state index contributed by atoms with van der Waals surface area (Å²) in [5.41, 5.74) is 0.514. The number of carbonyl (C=O) groups is 2. The molecule has 0 amide bonds. The minimum Gasteiger partial charge on any atom is -0.294 e. The summed E-state index contributed by atoms with van der Waals surface area (Å²) in [6.07, 6.45) is 6.12. The predicted octanol–water partition coefficient (Wildman–Crippen LogP) is 2.92. The summed E-state index contributed by atoms with van der Waals surface area (Å²) < 4.78 is 0. The molecule has 0 bridgehead atoms. The highest BCUT2D eigenvalue weighted by Crippen LogP contribution is 2.50. The normalized spacial score (nSPS) is 38.9. The molecule has 0 aromatic heterocycles. The first-order chi connectivity index (χ1) is 7.45. The highest BCUT2D eigenvalue weighted by atomic mass is 16.1. The minimum atomic E-state index is -0.0672. The Morgan fingerprint density at radius 2 is 2.12 bits per heavy atom. The average Bonchev–Trinajstić information content (AvgIpc) is 2.20. The predicted molar refractivity (Wildman–Crippen MR) is 63.0 cm³/mol. The second-order valence-electron chi connectivity index (χ2n) is 5.64. The molecule has 0 unspecified atom stereocenters. The van der Waals surface area contributed by atoms with Gasteiger partial charge in [0.25, 0.3) is 0 Å². The van der Waals surface area contributed by atoms with Crippen LogP contribution in [0.5, 0.6) is 0 Å². The summed E-state index contributed by atoms with van der Waals surface area (Å²) in [7, 11) is 0. The first kappa shape index (κ1) is 11.6. The Labute approximate surface area is 97.1 Å². The van der Waals surface area contributed by atoms with E-state index in [0.29, 0.717) is 23.8 Å². The average molecular weight is 220 g/mol. The van der Waals surface area contributed by atoms with Gasteiger partial charge in [-0.1, -0.05) is 26.3 Å². The number of hydrogen-bond donors (Lipinski definition) is 0. The van der Waals surface area contributed by atoms with Crippen molar-refractivity contribution >= 4 is 11.6 Å². The molecule has 0 saturated heterocycles. The molecule has 1 saturated carbocycles. The monoisotopic (exact) mass is 220 g/mol. The molecule has 2 rings (SSSR count). The largest absolute Gasteiger partial charge is 0.294 e. The summed E-state index contributed by atoms with van der Waals surface area (Å²) in [5.74, 6) is 1.02. The van der Waals surface area contributed by atoms with E-state index in [0.717, 1.165) is 6.42 Å². The van der Waals surface area contributed by atoms with E-state index in [4.69, 9.17) is 0 Å². The van der Waals surface area contributed by atoms with Crippen molar-refractivity contribution in [3.8, 4) is 0 Å². The van der Waals surface area contributed by atoms with Crippen LogP contribution in [0.2, 0.25) is 0 Å². The second-order valence-corrected chi connectivity index (χ2v) is 5.64. The van der Waals surface area contributed by atoms with Crippen molar-refractivity contribution in [1.82, 2.24) is 0 Å². The van der Waals surface area contributed by atoms with E-state index in [1.165, 1.54) is 19.8 Å². The Balaban J connectivity index is 2.42. The topological polar surface area (TPSA) is 34.1 Å². The Hall–Kier alpha value is -0.920. The number of carbonyl (C=O) groups excluding carboxylic acids is 2. The molecular weight excluding hydrogens is 200 g/mol. The van der Waals surface area contributed by atoms with Crippen molar-refractivity contribution in [1.29, 1.82) is 0 Å². The molecule has 88 valence electrons. The van der Waals surface area contributed by atoms with E-state index in [-0.39, 0.29) is 17.0 Å². The number of rotatable bonds is 1. The van der Waals surface area contributed by atoms with Gasteiger partial charge in [0.15, 0.2) is 11.6 Å². The zero-order valence-corrected chi connectivity index (χ0v) is 10.4. The van der Waals surface area contributed by atoms with Crippen molar-refractivity contribution in [2.24, 2.45) is 17.3 Å². The van der Waals surface area contributed by atoms with Crippen LogP contribution in [0.1, 0.15) is 46.5 Å². The van der Waals surface area contributed by atoms with Crippen LogP contribution in [0.15, 0.2) is 11.6 Å². The van der Waals surface area contributed by atoms with Crippen LogP contribution in [0, 0.1) is 17.3 Å². The molecule has 0 heterocycles. The van der Waals surface area contributed by atoms with E-state index in [9.17, 15) is 9.59 Å². The Bertz CT molecular complexity index is 367. The number of fused-ring (bicyclic) bond motifs is 1.